The van der Waals surface area contributed by atoms with Crippen molar-refractivity contribution in [3.63, 3.8) is 0 Å². The zero-order valence-electron chi connectivity index (χ0n) is 18.5. The third-order valence-corrected chi connectivity index (χ3v) is 7.00. The molecule has 0 saturated carbocycles. The molecule has 0 radical (unpaired) electrons. The number of thiazole rings is 1. The molecule has 1 amide bonds. The van der Waals surface area contributed by atoms with Crippen molar-refractivity contribution in [2.24, 2.45) is 0 Å². The Hall–Kier alpha value is -4.28. The molecule has 36 heavy (non-hydrogen) atoms. The van der Waals surface area contributed by atoms with E-state index >= 15 is 0 Å². The largest absolute Gasteiger partial charge is 0.507 e. The monoisotopic (exact) mass is 521 g/mol. The van der Waals surface area contributed by atoms with Gasteiger partial charge in [-0.3, -0.25) is 24.6 Å². The molecule has 0 spiro atoms. The highest BCUT2D eigenvalue weighted by atomic mass is 35.5. The fourth-order valence-electron chi connectivity index (χ4n) is 4.05. The predicted molar refractivity (Wildman–Crippen MR) is 136 cm³/mol. The number of nitro benzene ring substituents is 1. The molecule has 1 fully saturated rings. The highest BCUT2D eigenvalue weighted by Crippen LogP contribution is 2.45. The third-order valence-electron chi connectivity index (χ3n) is 5.75. The number of ketones is 1. The Morgan fingerprint density at radius 2 is 1.89 bits per heavy atom. The number of carbonyl (C=O) groups is 2. The molecule has 9 nitrogen and oxygen atoms in total. The minimum absolute atomic E-state index is 0.194. The first-order chi connectivity index (χ1) is 17.3. The summed E-state index contributed by atoms with van der Waals surface area (Å²) in [6, 6.07) is 15.8. The van der Waals surface area contributed by atoms with Crippen LogP contribution in [0, 0.1) is 10.1 Å². The summed E-state index contributed by atoms with van der Waals surface area (Å²) in [5.41, 5.74) is 0.687. The molecule has 2 heterocycles. The van der Waals surface area contributed by atoms with Gasteiger partial charge in [-0.05, 0) is 48.0 Å². The normalized spacial score (nSPS) is 17.1. The summed E-state index contributed by atoms with van der Waals surface area (Å²) in [5, 5.41) is 23.3. The minimum atomic E-state index is -1.15. The van der Waals surface area contributed by atoms with Crippen LogP contribution in [0.3, 0.4) is 0 Å². The van der Waals surface area contributed by atoms with E-state index in [1.54, 1.807) is 48.5 Å². The van der Waals surface area contributed by atoms with Crippen LogP contribution in [0.2, 0.25) is 5.02 Å². The topological polar surface area (TPSA) is 123 Å². The molecule has 4 aromatic rings. The number of anilines is 1. The lowest BCUT2D eigenvalue weighted by atomic mass is 9.95. The molecule has 5 rings (SSSR count). The van der Waals surface area contributed by atoms with Crippen molar-refractivity contribution in [2.75, 3.05) is 12.0 Å². The Bertz CT molecular complexity index is 1580. The van der Waals surface area contributed by atoms with Crippen LogP contribution in [0.25, 0.3) is 16.0 Å². The van der Waals surface area contributed by atoms with E-state index in [1.165, 1.54) is 25.3 Å². The number of halogens is 1. The van der Waals surface area contributed by atoms with Gasteiger partial charge in [0.2, 0.25) is 0 Å². The molecule has 0 aliphatic carbocycles. The highest BCUT2D eigenvalue weighted by Gasteiger charge is 2.48. The number of nitrogens with zero attached hydrogens (tertiary/aromatic N) is 3. The smallest absolute Gasteiger partial charge is 0.301 e. The van der Waals surface area contributed by atoms with Crippen LogP contribution in [0.4, 0.5) is 10.8 Å². The summed E-state index contributed by atoms with van der Waals surface area (Å²) in [5.74, 6) is -1.72. The van der Waals surface area contributed by atoms with Crippen molar-refractivity contribution in [3.05, 3.63) is 98.6 Å². The molecular formula is C25H16ClN3O6S. The molecule has 11 heteroatoms. The second-order valence-electron chi connectivity index (χ2n) is 7.86. The van der Waals surface area contributed by atoms with E-state index < -0.39 is 28.4 Å². The molecule has 1 aliphatic heterocycles. The summed E-state index contributed by atoms with van der Waals surface area (Å²) in [4.78, 5) is 43.2. The second-order valence-corrected chi connectivity index (χ2v) is 9.30. The molecular weight excluding hydrogens is 506 g/mol. The summed E-state index contributed by atoms with van der Waals surface area (Å²) in [7, 11) is 1.49. The van der Waals surface area contributed by atoms with Crippen LogP contribution in [-0.2, 0) is 9.59 Å². The van der Waals surface area contributed by atoms with Gasteiger partial charge in [-0.15, -0.1) is 0 Å². The van der Waals surface area contributed by atoms with Crippen LogP contribution < -0.4 is 9.64 Å². The number of methoxy groups -OCH3 is 1. The number of carbonyl (C=O) groups excluding carboxylic acids is 2. The Morgan fingerprint density at radius 3 is 2.58 bits per heavy atom. The maximum atomic E-state index is 13.3. The van der Waals surface area contributed by atoms with E-state index in [-0.39, 0.29) is 27.5 Å². The van der Waals surface area contributed by atoms with E-state index in [2.05, 4.69) is 4.98 Å². The fourth-order valence-corrected chi connectivity index (χ4v) is 5.32. The summed E-state index contributed by atoms with van der Waals surface area (Å²) >= 11 is 7.24. The number of aromatic nitrogens is 1. The molecule has 1 N–H and O–H groups in total. The SMILES string of the molecule is COc1ccc(C(O)=C2C(=O)C(=O)N(c3nc4ccc(Cl)cc4s3)C2c2cccc([N+](=O)[O-])c2)cc1. The number of non-ortho nitro benzene ring substituents is 1. The van der Waals surface area contributed by atoms with Gasteiger partial charge in [-0.2, -0.15) is 0 Å². The number of Topliss-reactive ketones (excluding diaryl/α,β-unsaturated/α-hetero) is 1. The number of nitro groups is 1. The van der Waals surface area contributed by atoms with Crippen LogP contribution in [0.1, 0.15) is 17.2 Å². The summed E-state index contributed by atoms with van der Waals surface area (Å²) in [6.45, 7) is 0. The molecule has 1 saturated heterocycles. The van der Waals surface area contributed by atoms with E-state index in [4.69, 9.17) is 16.3 Å². The lowest BCUT2D eigenvalue weighted by molar-refractivity contribution is -0.384. The number of aliphatic hydroxyl groups excluding tert-OH is 1. The van der Waals surface area contributed by atoms with Crippen LogP contribution in [-0.4, -0.2) is 33.8 Å². The van der Waals surface area contributed by atoms with Crippen molar-refractivity contribution >= 4 is 61.4 Å². The lowest BCUT2D eigenvalue weighted by Crippen LogP contribution is -2.29. The Labute approximate surface area is 213 Å². The second kappa shape index (κ2) is 9.06. The van der Waals surface area contributed by atoms with Gasteiger partial charge in [0.05, 0.1) is 33.9 Å². The quantitative estimate of drug-likeness (QED) is 0.121. The molecule has 3 aromatic carbocycles. The standard InChI is InChI=1S/C25H16ClN3O6S/c1-35-17-8-5-13(6-9-17)22(30)20-21(14-3-2-4-16(11-14)29(33)34)28(24(32)23(20)31)25-27-18-10-7-15(26)12-19(18)36-25/h2-12,21,30H,1H3. The number of aliphatic hydroxyl groups is 1. The average Bonchev–Trinajstić information content (AvgIpc) is 3.41. The first kappa shape index (κ1) is 23.5. The maximum Gasteiger partial charge on any atom is 0.301 e. The van der Waals surface area contributed by atoms with E-state index in [9.17, 15) is 24.8 Å². The number of hydrogen-bond acceptors (Lipinski definition) is 8. The lowest BCUT2D eigenvalue weighted by Gasteiger charge is -2.22. The van der Waals surface area contributed by atoms with Crippen molar-refractivity contribution in [3.8, 4) is 5.75 Å². The van der Waals surface area contributed by atoms with Gasteiger partial charge < -0.3 is 9.84 Å². The van der Waals surface area contributed by atoms with Gasteiger partial charge >= 0.3 is 5.91 Å². The zero-order valence-corrected chi connectivity index (χ0v) is 20.1. The molecule has 1 aromatic heterocycles. The minimum Gasteiger partial charge on any atom is -0.507 e. The number of fused-ring (bicyclic) bond motifs is 1. The van der Waals surface area contributed by atoms with Crippen LogP contribution in [0.15, 0.2) is 72.3 Å². The van der Waals surface area contributed by atoms with Gasteiger partial charge in [0.1, 0.15) is 11.5 Å². The summed E-state index contributed by atoms with van der Waals surface area (Å²) < 4.78 is 5.83. The Kier molecular flexibility index (Phi) is 5.91. The fraction of sp³-hybridized carbons (Fsp3) is 0.0800. The van der Waals surface area contributed by atoms with Gasteiger partial charge in [-0.25, -0.2) is 4.98 Å². The van der Waals surface area contributed by atoms with E-state index in [1.807, 2.05) is 0 Å². The highest BCUT2D eigenvalue weighted by molar-refractivity contribution is 7.22. The van der Waals surface area contributed by atoms with Crippen LogP contribution in [0.5, 0.6) is 5.75 Å². The van der Waals surface area contributed by atoms with E-state index in [0.29, 0.717) is 21.0 Å². The predicted octanol–water partition coefficient (Wildman–Crippen LogP) is 5.49. The first-order valence-electron chi connectivity index (χ1n) is 10.5. The number of rotatable bonds is 5. The molecule has 180 valence electrons. The third kappa shape index (κ3) is 3.96. The number of ether oxygens (including phenoxy) is 1. The summed E-state index contributed by atoms with van der Waals surface area (Å²) in [6.07, 6.45) is 0. The van der Waals surface area contributed by atoms with Gasteiger partial charge in [0, 0.05) is 22.7 Å². The molecule has 1 atom stereocenters. The molecule has 1 aliphatic rings. The van der Waals surface area contributed by atoms with Gasteiger partial charge in [0.15, 0.2) is 5.13 Å². The maximum absolute atomic E-state index is 13.3. The van der Waals surface area contributed by atoms with Gasteiger partial charge in [0.25, 0.3) is 11.5 Å². The average molecular weight is 522 g/mol. The van der Waals surface area contributed by atoms with Gasteiger partial charge in [-0.1, -0.05) is 35.1 Å². The van der Waals surface area contributed by atoms with Crippen molar-refractivity contribution < 1.29 is 24.4 Å². The van der Waals surface area contributed by atoms with Crippen molar-refractivity contribution in [1.29, 1.82) is 0 Å². The zero-order chi connectivity index (χ0) is 25.6. The Morgan fingerprint density at radius 1 is 1.14 bits per heavy atom. The number of amides is 1. The Balaban J connectivity index is 1.73. The van der Waals surface area contributed by atoms with E-state index in [0.717, 1.165) is 16.2 Å². The molecule has 0 bridgehead atoms. The number of benzene rings is 3. The first-order valence-corrected chi connectivity index (χ1v) is 11.7. The molecule has 1 unspecified atom stereocenters. The number of hydrogen-bond donors (Lipinski definition) is 1. The van der Waals surface area contributed by atoms with Crippen molar-refractivity contribution in [1.82, 2.24) is 4.98 Å². The van der Waals surface area contributed by atoms with Crippen LogP contribution >= 0.6 is 22.9 Å². The van der Waals surface area contributed by atoms with Crippen molar-refractivity contribution in [2.45, 2.75) is 6.04 Å².